The number of aryl methyl sites for hydroxylation is 1. The van der Waals surface area contributed by atoms with Gasteiger partial charge in [0.15, 0.2) is 0 Å². The van der Waals surface area contributed by atoms with Gasteiger partial charge in [-0.3, -0.25) is 10.1 Å². The average Bonchev–Trinajstić information content (AvgIpc) is 3.29. The van der Waals surface area contributed by atoms with E-state index in [1.54, 1.807) is 25.5 Å². The van der Waals surface area contributed by atoms with Crippen LogP contribution in [0.15, 0.2) is 42.9 Å². The van der Waals surface area contributed by atoms with Crippen molar-refractivity contribution < 1.29 is 9.13 Å². The molecule has 4 aromatic heterocycles. The van der Waals surface area contributed by atoms with Crippen molar-refractivity contribution in [2.45, 2.75) is 19.9 Å². The van der Waals surface area contributed by atoms with E-state index in [0.717, 1.165) is 45.8 Å². The Morgan fingerprint density at radius 2 is 2.10 bits per heavy atom. The molecule has 1 atom stereocenters. The number of aromatic amines is 1. The maximum absolute atomic E-state index is 13.8. The first kappa shape index (κ1) is 18.6. The number of anilines is 1. The highest BCUT2D eigenvalue weighted by atomic mass is 19.1. The largest absolute Gasteiger partial charge is 0.377 e. The second kappa shape index (κ2) is 7.46. The molecule has 1 aliphatic rings. The van der Waals surface area contributed by atoms with Gasteiger partial charge in [0.05, 0.1) is 24.9 Å². The highest BCUT2D eigenvalue weighted by Crippen LogP contribution is 2.35. The Bertz CT molecular complexity index is 1210. The van der Waals surface area contributed by atoms with Crippen molar-refractivity contribution in [2.24, 2.45) is 0 Å². The van der Waals surface area contributed by atoms with E-state index < -0.39 is 5.95 Å². The molecule has 1 aliphatic heterocycles. The zero-order valence-corrected chi connectivity index (χ0v) is 16.8. The van der Waals surface area contributed by atoms with Crippen LogP contribution in [0.25, 0.3) is 33.4 Å². The fraction of sp³-hybridized carbons (Fsp3) is 0.273. The number of morpholine rings is 1. The first-order valence-electron chi connectivity index (χ1n) is 9.88. The second-order valence-corrected chi connectivity index (χ2v) is 7.50. The summed E-state index contributed by atoms with van der Waals surface area (Å²) >= 11 is 0. The van der Waals surface area contributed by atoms with Gasteiger partial charge in [0.1, 0.15) is 17.0 Å². The molecule has 1 fully saturated rings. The van der Waals surface area contributed by atoms with Crippen molar-refractivity contribution >= 4 is 16.7 Å². The van der Waals surface area contributed by atoms with Gasteiger partial charge in [0, 0.05) is 41.6 Å². The quantitative estimate of drug-likeness (QED) is 0.524. The number of aromatic nitrogens is 5. The molecule has 152 valence electrons. The monoisotopic (exact) mass is 404 g/mol. The van der Waals surface area contributed by atoms with Crippen LogP contribution >= 0.6 is 0 Å². The van der Waals surface area contributed by atoms with Gasteiger partial charge in [0.2, 0.25) is 5.95 Å². The summed E-state index contributed by atoms with van der Waals surface area (Å²) in [6.45, 7) is 5.88. The van der Waals surface area contributed by atoms with E-state index in [-0.39, 0.29) is 6.04 Å². The van der Waals surface area contributed by atoms with Gasteiger partial charge in [-0.1, -0.05) is 0 Å². The van der Waals surface area contributed by atoms with Gasteiger partial charge >= 0.3 is 0 Å². The second-order valence-electron chi connectivity index (χ2n) is 7.50. The average molecular weight is 404 g/mol. The predicted octanol–water partition coefficient (Wildman–Crippen LogP) is 3.75. The third-order valence-corrected chi connectivity index (χ3v) is 5.46. The van der Waals surface area contributed by atoms with Gasteiger partial charge in [-0.15, -0.1) is 0 Å². The van der Waals surface area contributed by atoms with Crippen LogP contribution in [-0.2, 0) is 4.74 Å². The third-order valence-electron chi connectivity index (χ3n) is 5.46. The first-order chi connectivity index (χ1) is 14.6. The molecule has 0 amide bonds. The van der Waals surface area contributed by atoms with Crippen molar-refractivity contribution in [3.05, 3.63) is 54.4 Å². The smallest absolute Gasteiger partial charge is 0.215 e. The lowest BCUT2D eigenvalue weighted by Crippen LogP contribution is -2.44. The molecule has 0 saturated carbocycles. The van der Waals surface area contributed by atoms with Crippen LogP contribution in [0.1, 0.15) is 12.5 Å². The first-order valence-corrected chi connectivity index (χ1v) is 9.88. The molecule has 1 unspecified atom stereocenters. The van der Waals surface area contributed by atoms with E-state index in [2.05, 4.69) is 38.1 Å². The molecule has 0 spiro atoms. The Hall–Kier alpha value is -3.39. The van der Waals surface area contributed by atoms with Crippen molar-refractivity contribution in [1.29, 1.82) is 0 Å². The molecule has 1 N–H and O–H groups in total. The summed E-state index contributed by atoms with van der Waals surface area (Å²) in [5.74, 6) is 0.378. The fourth-order valence-corrected chi connectivity index (χ4v) is 3.88. The number of nitrogens with one attached hydrogen (secondary N) is 1. The molecular weight excluding hydrogens is 383 g/mol. The SMILES string of the molecule is Cc1cc(-c2cc(N3CCOCC3C)nc3c(-c4ccn[nH]4)nccc23)cnc1F. The van der Waals surface area contributed by atoms with E-state index in [0.29, 0.717) is 18.8 Å². The lowest BCUT2D eigenvalue weighted by molar-refractivity contribution is 0.0986. The van der Waals surface area contributed by atoms with E-state index in [4.69, 9.17) is 9.72 Å². The van der Waals surface area contributed by atoms with Crippen LogP contribution in [0.2, 0.25) is 0 Å². The lowest BCUT2D eigenvalue weighted by Gasteiger charge is -2.34. The number of hydrogen-bond acceptors (Lipinski definition) is 6. The van der Waals surface area contributed by atoms with Crippen LogP contribution < -0.4 is 4.90 Å². The summed E-state index contributed by atoms with van der Waals surface area (Å²) < 4.78 is 19.4. The summed E-state index contributed by atoms with van der Waals surface area (Å²) in [5, 5.41) is 7.96. The Kier molecular flexibility index (Phi) is 4.63. The van der Waals surface area contributed by atoms with Crippen LogP contribution in [0.5, 0.6) is 0 Å². The molecule has 8 heteroatoms. The molecule has 30 heavy (non-hydrogen) atoms. The Labute approximate surface area is 173 Å². The highest BCUT2D eigenvalue weighted by Gasteiger charge is 2.23. The molecular formula is C22H21FN6O. The normalized spacial score (nSPS) is 16.9. The lowest BCUT2D eigenvalue weighted by atomic mass is 10.0. The third kappa shape index (κ3) is 3.19. The van der Waals surface area contributed by atoms with Crippen molar-refractivity contribution in [1.82, 2.24) is 25.1 Å². The summed E-state index contributed by atoms with van der Waals surface area (Å²) in [5.41, 5.74) is 4.55. The summed E-state index contributed by atoms with van der Waals surface area (Å²) in [4.78, 5) is 15.7. The zero-order chi connectivity index (χ0) is 20.7. The standard InChI is InChI=1S/C22H21FN6O/c1-13-9-15(11-25-22(13)23)17-10-19(29-7-8-30-12-14(29)2)27-20-16(17)3-5-24-21(20)18-4-6-26-28-18/h3-6,9-11,14H,7-8,12H2,1-2H3,(H,26,28). The molecule has 5 heterocycles. The maximum Gasteiger partial charge on any atom is 0.215 e. The minimum Gasteiger partial charge on any atom is -0.377 e. The van der Waals surface area contributed by atoms with Gasteiger partial charge < -0.3 is 9.64 Å². The van der Waals surface area contributed by atoms with Gasteiger partial charge in [-0.25, -0.2) is 9.97 Å². The van der Waals surface area contributed by atoms with Crippen LogP contribution in [-0.4, -0.2) is 50.9 Å². The minimum absolute atomic E-state index is 0.192. The van der Waals surface area contributed by atoms with Crippen molar-refractivity contribution in [3.63, 3.8) is 0 Å². The number of nitrogens with zero attached hydrogens (tertiary/aromatic N) is 5. The summed E-state index contributed by atoms with van der Waals surface area (Å²) in [6, 6.07) is 7.87. The molecule has 7 nitrogen and oxygen atoms in total. The molecule has 5 rings (SSSR count). The van der Waals surface area contributed by atoms with Crippen LogP contribution in [0.3, 0.4) is 0 Å². The van der Waals surface area contributed by atoms with Gasteiger partial charge in [0.25, 0.3) is 0 Å². The van der Waals surface area contributed by atoms with Crippen molar-refractivity contribution in [3.8, 4) is 22.5 Å². The molecule has 0 aromatic carbocycles. The minimum atomic E-state index is -0.459. The van der Waals surface area contributed by atoms with E-state index in [1.807, 2.05) is 18.2 Å². The number of hydrogen-bond donors (Lipinski definition) is 1. The maximum atomic E-state index is 13.8. The number of ether oxygens (including phenoxy) is 1. The van der Waals surface area contributed by atoms with Crippen LogP contribution in [0.4, 0.5) is 10.2 Å². The number of pyridine rings is 3. The topological polar surface area (TPSA) is 79.8 Å². The summed E-state index contributed by atoms with van der Waals surface area (Å²) in [6.07, 6.45) is 5.02. The highest BCUT2D eigenvalue weighted by molar-refractivity contribution is 6.01. The van der Waals surface area contributed by atoms with Gasteiger partial charge in [-0.05, 0) is 43.7 Å². The van der Waals surface area contributed by atoms with E-state index >= 15 is 0 Å². The van der Waals surface area contributed by atoms with E-state index in [1.165, 1.54) is 0 Å². The number of fused-ring (bicyclic) bond motifs is 1. The fourth-order valence-electron chi connectivity index (χ4n) is 3.88. The van der Waals surface area contributed by atoms with Crippen LogP contribution in [0, 0.1) is 12.9 Å². The summed E-state index contributed by atoms with van der Waals surface area (Å²) in [7, 11) is 0. The molecule has 0 radical (unpaired) electrons. The number of H-pyrrole nitrogens is 1. The van der Waals surface area contributed by atoms with Gasteiger partial charge in [-0.2, -0.15) is 9.49 Å². The zero-order valence-electron chi connectivity index (χ0n) is 16.8. The molecule has 0 aliphatic carbocycles. The number of halogens is 1. The van der Waals surface area contributed by atoms with Crippen molar-refractivity contribution in [2.75, 3.05) is 24.7 Å². The molecule has 4 aromatic rings. The molecule has 1 saturated heterocycles. The Morgan fingerprint density at radius 1 is 1.20 bits per heavy atom. The van der Waals surface area contributed by atoms with E-state index in [9.17, 15) is 4.39 Å². The Morgan fingerprint density at radius 3 is 2.87 bits per heavy atom. The predicted molar refractivity (Wildman–Crippen MR) is 113 cm³/mol. The molecule has 0 bridgehead atoms. The Balaban J connectivity index is 1.79. The number of rotatable bonds is 3.